The second-order valence-electron chi connectivity index (χ2n) is 9.56. The zero-order valence-corrected chi connectivity index (χ0v) is 19.9. The maximum absolute atomic E-state index is 14.3. The number of ether oxygens (including phenoxy) is 1. The summed E-state index contributed by atoms with van der Waals surface area (Å²) in [4.78, 5) is 4.37. The Morgan fingerprint density at radius 1 is 1.17 bits per heavy atom. The topological polar surface area (TPSA) is 83.8 Å². The number of fused-ring (bicyclic) bond motifs is 7. The van der Waals surface area contributed by atoms with Gasteiger partial charge in [0.15, 0.2) is 11.6 Å². The highest BCUT2D eigenvalue weighted by Gasteiger charge is 2.29. The van der Waals surface area contributed by atoms with Gasteiger partial charge in [-0.25, -0.2) is 22.8 Å². The van der Waals surface area contributed by atoms with Gasteiger partial charge < -0.3 is 10.5 Å². The lowest BCUT2D eigenvalue weighted by Gasteiger charge is -2.22. The number of halogens is 3. The van der Waals surface area contributed by atoms with Crippen LogP contribution in [0.2, 0.25) is 0 Å². The predicted molar refractivity (Wildman–Crippen MR) is 128 cm³/mol. The minimum absolute atomic E-state index is 0.201. The van der Waals surface area contributed by atoms with Gasteiger partial charge >= 0.3 is 0 Å². The third kappa shape index (κ3) is 3.90. The van der Waals surface area contributed by atoms with Crippen LogP contribution in [0.1, 0.15) is 60.5 Å². The number of hydrogen-bond donors (Lipinski definition) is 1. The monoisotopic (exact) mass is 494 g/mol. The molecule has 2 bridgehead atoms. The molecule has 0 amide bonds. The van der Waals surface area contributed by atoms with E-state index in [1.165, 1.54) is 28.9 Å². The Labute approximate surface area is 205 Å². The van der Waals surface area contributed by atoms with Gasteiger partial charge in [-0.15, -0.1) is 0 Å². The summed E-state index contributed by atoms with van der Waals surface area (Å²) in [6, 6.07) is 7.38. The van der Waals surface area contributed by atoms with Crippen molar-refractivity contribution in [1.82, 2.24) is 24.5 Å². The van der Waals surface area contributed by atoms with Crippen molar-refractivity contribution in [3.05, 3.63) is 70.6 Å². The van der Waals surface area contributed by atoms with Crippen LogP contribution in [0, 0.1) is 18.7 Å². The number of benzene rings is 1. The van der Waals surface area contributed by atoms with E-state index in [0.29, 0.717) is 35.0 Å². The van der Waals surface area contributed by atoms with E-state index in [1.54, 1.807) is 13.1 Å². The molecule has 1 fully saturated rings. The van der Waals surface area contributed by atoms with Crippen LogP contribution in [0.3, 0.4) is 0 Å². The Bertz CT molecular complexity index is 1470. The number of aromatic nitrogens is 5. The molecule has 2 N–H and O–H groups in total. The van der Waals surface area contributed by atoms with Crippen LogP contribution in [0.25, 0.3) is 16.9 Å². The van der Waals surface area contributed by atoms with Crippen molar-refractivity contribution in [2.45, 2.75) is 52.2 Å². The van der Waals surface area contributed by atoms with Gasteiger partial charge in [-0.2, -0.15) is 10.2 Å². The normalized spacial score (nSPS) is 17.0. The minimum atomic E-state index is -2.75. The van der Waals surface area contributed by atoms with Crippen LogP contribution in [0.5, 0.6) is 5.75 Å². The first-order chi connectivity index (χ1) is 17.3. The SMILES string of the molecule is Cc1nn(CC2CC2)c2c1Cc1cc(C(F)F)nn1-c1ccc(F)cc1C(C)Oc1cc-2cnc1N. The maximum atomic E-state index is 14.3. The van der Waals surface area contributed by atoms with E-state index in [1.807, 2.05) is 17.7 Å². The predicted octanol–water partition coefficient (Wildman–Crippen LogP) is 5.55. The van der Waals surface area contributed by atoms with Crippen LogP contribution in [0.15, 0.2) is 36.5 Å². The number of alkyl halides is 2. The fourth-order valence-electron chi connectivity index (χ4n) is 4.87. The summed E-state index contributed by atoms with van der Waals surface area (Å²) in [6.07, 6.45) is 0.860. The first-order valence-electron chi connectivity index (χ1n) is 11.9. The number of pyridine rings is 1. The van der Waals surface area contributed by atoms with E-state index < -0.39 is 18.3 Å². The second-order valence-corrected chi connectivity index (χ2v) is 9.56. The highest BCUT2D eigenvalue weighted by Crippen LogP contribution is 2.39. The van der Waals surface area contributed by atoms with Crippen molar-refractivity contribution >= 4 is 5.82 Å². The molecular formula is C26H25F3N6O. The van der Waals surface area contributed by atoms with Crippen molar-refractivity contribution in [1.29, 1.82) is 0 Å². The molecule has 0 radical (unpaired) electrons. The minimum Gasteiger partial charge on any atom is -0.482 e. The molecule has 4 aromatic rings. The van der Waals surface area contributed by atoms with Gasteiger partial charge in [0.2, 0.25) is 0 Å². The zero-order valence-electron chi connectivity index (χ0n) is 19.9. The van der Waals surface area contributed by atoms with Gasteiger partial charge in [0, 0.05) is 41.5 Å². The fourth-order valence-corrected chi connectivity index (χ4v) is 4.87. The summed E-state index contributed by atoms with van der Waals surface area (Å²) >= 11 is 0. The lowest BCUT2D eigenvalue weighted by Crippen LogP contribution is -2.14. The van der Waals surface area contributed by atoms with E-state index in [2.05, 4.69) is 10.1 Å². The molecule has 1 aliphatic heterocycles. The molecule has 7 nitrogen and oxygen atoms in total. The molecule has 0 saturated heterocycles. The number of anilines is 1. The van der Waals surface area contributed by atoms with E-state index in [9.17, 15) is 13.2 Å². The molecule has 1 aliphatic carbocycles. The molecule has 10 heteroatoms. The van der Waals surface area contributed by atoms with Crippen LogP contribution in [-0.2, 0) is 13.0 Å². The van der Waals surface area contributed by atoms with Gasteiger partial charge in [0.1, 0.15) is 17.6 Å². The Morgan fingerprint density at radius 3 is 2.72 bits per heavy atom. The maximum Gasteiger partial charge on any atom is 0.282 e. The largest absolute Gasteiger partial charge is 0.482 e. The summed E-state index contributed by atoms with van der Waals surface area (Å²) in [5, 5.41) is 9.04. The van der Waals surface area contributed by atoms with E-state index in [0.717, 1.165) is 41.9 Å². The lowest BCUT2D eigenvalue weighted by molar-refractivity contribution is 0.145. The molecule has 1 aromatic carbocycles. The first-order valence-corrected chi connectivity index (χ1v) is 11.9. The number of nitrogens with two attached hydrogens (primary N) is 1. The average molecular weight is 495 g/mol. The summed E-state index contributed by atoms with van der Waals surface area (Å²) in [5.74, 6) is 0.642. The van der Waals surface area contributed by atoms with Crippen molar-refractivity contribution in [3.8, 4) is 22.7 Å². The fraction of sp³-hybridized carbons (Fsp3) is 0.346. The molecule has 1 unspecified atom stereocenters. The zero-order chi connectivity index (χ0) is 25.1. The number of nitrogens with zero attached hydrogens (tertiary/aromatic N) is 5. The summed E-state index contributed by atoms with van der Waals surface area (Å²) in [7, 11) is 0. The molecule has 3 aromatic heterocycles. The standard InChI is InChI=1S/C26H25F3N6O/c1-13-19-9-18-10-21(25(28)29)33-35(18)22-6-5-17(27)8-20(22)14(2)36-23-7-16(11-31-26(23)30)24(19)34(32-13)12-15-3-4-15/h5-8,10-11,14-15,25H,3-4,9,12H2,1-2H3,(H2,30,31). The third-order valence-electron chi connectivity index (χ3n) is 6.88. The highest BCUT2D eigenvalue weighted by molar-refractivity contribution is 5.69. The Hall–Kier alpha value is -3.82. The molecule has 186 valence electrons. The quantitative estimate of drug-likeness (QED) is 0.404. The van der Waals surface area contributed by atoms with Gasteiger partial charge in [0.05, 0.1) is 17.1 Å². The van der Waals surface area contributed by atoms with Gasteiger partial charge in [0.25, 0.3) is 6.43 Å². The number of rotatable bonds is 3. The molecule has 1 saturated carbocycles. The van der Waals surface area contributed by atoms with Gasteiger partial charge in [-0.3, -0.25) is 4.68 Å². The molecular weight excluding hydrogens is 469 g/mol. The Balaban J connectivity index is 1.63. The Kier molecular flexibility index (Phi) is 5.27. The third-order valence-corrected chi connectivity index (χ3v) is 6.88. The van der Waals surface area contributed by atoms with Crippen LogP contribution < -0.4 is 10.5 Å². The molecule has 2 aliphatic rings. The van der Waals surface area contributed by atoms with Gasteiger partial charge in [-0.05, 0) is 62.9 Å². The molecule has 6 rings (SSSR count). The van der Waals surface area contributed by atoms with Gasteiger partial charge in [-0.1, -0.05) is 0 Å². The molecule has 36 heavy (non-hydrogen) atoms. The molecule has 1 atom stereocenters. The van der Waals surface area contributed by atoms with Crippen LogP contribution >= 0.6 is 0 Å². The highest BCUT2D eigenvalue weighted by atomic mass is 19.3. The van der Waals surface area contributed by atoms with Crippen LogP contribution in [-0.4, -0.2) is 24.5 Å². The number of hydrogen-bond acceptors (Lipinski definition) is 5. The van der Waals surface area contributed by atoms with Crippen LogP contribution in [0.4, 0.5) is 19.0 Å². The summed E-state index contributed by atoms with van der Waals surface area (Å²) in [5.41, 5.74) is 10.6. The number of aryl methyl sites for hydroxylation is 1. The Morgan fingerprint density at radius 2 is 1.97 bits per heavy atom. The molecule has 4 heterocycles. The van der Waals surface area contributed by atoms with E-state index in [4.69, 9.17) is 15.6 Å². The number of nitrogen functional groups attached to an aromatic ring is 1. The molecule has 0 spiro atoms. The lowest BCUT2D eigenvalue weighted by atomic mass is 10.0. The van der Waals surface area contributed by atoms with Crippen molar-refractivity contribution < 1.29 is 17.9 Å². The summed E-state index contributed by atoms with van der Waals surface area (Å²) < 4.78 is 51.6. The smallest absolute Gasteiger partial charge is 0.282 e. The van der Waals surface area contributed by atoms with Crippen molar-refractivity contribution in [2.24, 2.45) is 5.92 Å². The van der Waals surface area contributed by atoms with Crippen molar-refractivity contribution in [2.75, 3.05) is 5.73 Å². The van der Waals surface area contributed by atoms with E-state index >= 15 is 0 Å². The second kappa shape index (κ2) is 8.39. The summed E-state index contributed by atoms with van der Waals surface area (Å²) in [6.45, 7) is 4.42. The van der Waals surface area contributed by atoms with E-state index in [-0.39, 0.29) is 11.5 Å². The van der Waals surface area contributed by atoms with Crippen molar-refractivity contribution in [3.63, 3.8) is 0 Å². The first kappa shape index (κ1) is 22.6. The average Bonchev–Trinajstić information content (AvgIpc) is 3.47.